The number of hydrogen-bond donors (Lipinski definition) is 1. The molecule has 3 rings (SSSR count). The normalized spacial score (nSPS) is 16.3. The first-order valence-electron chi connectivity index (χ1n) is 9.59. The highest BCUT2D eigenvalue weighted by molar-refractivity contribution is 6.33. The van der Waals surface area contributed by atoms with Crippen LogP contribution >= 0.6 is 11.6 Å². The molecule has 2 N–H and O–H groups in total. The van der Waals surface area contributed by atoms with Gasteiger partial charge in [0.25, 0.3) is 0 Å². The van der Waals surface area contributed by atoms with Crippen LogP contribution in [0.5, 0.6) is 0 Å². The summed E-state index contributed by atoms with van der Waals surface area (Å²) in [5, 5.41) is 9.72. The van der Waals surface area contributed by atoms with Crippen molar-refractivity contribution in [2.45, 2.75) is 12.1 Å². The van der Waals surface area contributed by atoms with Gasteiger partial charge in [-0.3, -0.25) is 4.90 Å². The van der Waals surface area contributed by atoms with Gasteiger partial charge in [-0.05, 0) is 23.8 Å². The standard InChI is InChI=1S/C23H17ClF3N3O4/c1-33-21(31)18-17(12-6-4-3-5-7-12)14(11-28)20(29)30(19(18)22(32)34-2)16-10-13(23(25,26)27)8-9-15(16)24/h3-10,17H,29H2,1-2H3. The number of ether oxygens (including phenoxy) is 2. The van der Waals surface area contributed by atoms with E-state index in [0.717, 1.165) is 31.3 Å². The van der Waals surface area contributed by atoms with Crippen molar-refractivity contribution in [1.82, 2.24) is 0 Å². The second-order valence-electron chi connectivity index (χ2n) is 7.00. The van der Waals surface area contributed by atoms with Crippen LogP contribution in [0.3, 0.4) is 0 Å². The smallest absolute Gasteiger partial charge is 0.416 e. The van der Waals surface area contributed by atoms with Crippen molar-refractivity contribution in [3.05, 3.63) is 87.3 Å². The number of carbonyl (C=O) groups is 2. The second-order valence-corrected chi connectivity index (χ2v) is 7.41. The number of nitrogens with zero attached hydrogens (tertiary/aromatic N) is 2. The van der Waals surface area contributed by atoms with Gasteiger partial charge < -0.3 is 15.2 Å². The Kier molecular flexibility index (Phi) is 6.88. The summed E-state index contributed by atoms with van der Waals surface area (Å²) in [4.78, 5) is 26.7. The van der Waals surface area contributed by atoms with Gasteiger partial charge >= 0.3 is 18.1 Å². The Morgan fingerprint density at radius 3 is 2.24 bits per heavy atom. The number of rotatable bonds is 4. The summed E-state index contributed by atoms with van der Waals surface area (Å²) in [6, 6.07) is 12.5. The lowest BCUT2D eigenvalue weighted by Crippen LogP contribution is -2.41. The van der Waals surface area contributed by atoms with Gasteiger partial charge in [-0.25, -0.2) is 9.59 Å². The molecule has 1 aliphatic rings. The number of anilines is 1. The van der Waals surface area contributed by atoms with Crippen LogP contribution in [0.1, 0.15) is 17.0 Å². The zero-order valence-corrected chi connectivity index (χ0v) is 18.6. The highest BCUT2D eigenvalue weighted by Gasteiger charge is 2.44. The Morgan fingerprint density at radius 1 is 1.09 bits per heavy atom. The van der Waals surface area contributed by atoms with Crippen LogP contribution in [0.2, 0.25) is 5.02 Å². The molecule has 176 valence electrons. The number of hydrogen-bond acceptors (Lipinski definition) is 7. The molecule has 0 saturated carbocycles. The third kappa shape index (κ3) is 4.30. The summed E-state index contributed by atoms with van der Waals surface area (Å²) < 4.78 is 50.0. The fourth-order valence-corrected chi connectivity index (χ4v) is 3.83. The molecule has 2 aromatic rings. The molecule has 7 nitrogen and oxygen atoms in total. The van der Waals surface area contributed by atoms with Crippen LogP contribution in [-0.4, -0.2) is 26.2 Å². The Morgan fingerprint density at radius 2 is 1.71 bits per heavy atom. The minimum Gasteiger partial charge on any atom is -0.466 e. The third-order valence-electron chi connectivity index (χ3n) is 5.12. The van der Waals surface area contributed by atoms with Gasteiger partial charge in [0.2, 0.25) is 0 Å². The lowest BCUT2D eigenvalue weighted by atomic mass is 9.81. The minimum atomic E-state index is -4.75. The monoisotopic (exact) mass is 491 g/mol. The van der Waals surface area contributed by atoms with Crippen molar-refractivity contribution < 1.29 is 32.2 Å². The molecule has 2 aromatic carbocycles. The average molecular weight is 492 g/mol. The molecule has 0 bridgehead atoms. The van der Waals surface area contributed by atoms with Gasteiger partial charge in [0.1, 0.15) is 11.5 Å². The summed E-state index contributed by atoms with van der Waals surface area (Å²) in [5.41, 5.74) is 4.13. The maximum atomic E-state index is 13.4. The molecule has 1 heterocycles. The Labute approximate surface area is 197 Å². The first-order valence-corrected chi connectivity index (χ1v) is 9.96. The van der Waals surface area contributed by atoms with Crippen LogP contribution in [0, 0.1) is 11.3 Å². The summed E-state index contributed by atoms with van der Waals surface area (Å²) in [7, 11) is 2.08. The van der Waals surface area contributed by atoms with Crippen LogP contribution in [-0.2, 0) is 25.2 Å². The number of nitriles is 1. The van der Waals surface area contributed by atoms with E-state index >= 15 is 0 Å². The van der Waals surface area contributed by atoms with Crippen LogP contribution < -0.4 is 10.6 Å². The summed E-state index contributed by atoms with van der Waals surface area (Å²) in [6.45, 7) is 0. The number of nitrogens with two attached hydrogens (primary N) is 1. The van der Waals surface area contributed by atoms with Crippen molar-refractivity contribution in [2.75, 3.05) is 19.1 Å². The number of halogens is 4. The topological polar surface area (TPSA) is 106 Å². The summed E-state index contributed by atoms with van der Waals surface area (Å²) in [5.74, 6) is -3.67. The largest absolute Gasteiger partial charge is 0.466 e. The summed E-state index contributed by atoms with van der Waals surface area (Å²) in [6.07, 6.45) is -4.75. The van der Waals surface area contributed by atoms with E-state index in [1.807, 2.05) is 6.07 Å². The molecule has 0 spiro atoms. The van der Waals surface area contributed by atoms with Gasteiger partial charge in [0.05, 0.1) is 53.6 Å². The van der Waals surface area contributed by atoms with Crippen molar-refractivity contribution in [3.8, 4) is 6.07 Å². The second kappa shape index (κ2) is 9.49. The molecular weight excluding hydrogens is 475 g/mol. The molecule has 0 aromatic heterocycles. The quantitative estimate of drug-likeness (QED) is 0.637. The SMILES string of the molecule is COC(=O)C1=C(C(=O)OC)N(c2cc(C(F)(F)F)ccc2Cl)C(N)=C(C#N)C1c1ccccc1. The van der Waals surface area contributed by atoms with Crippen LogP contribution in [0.25, 0.3) is 0 Å². The molecule has 0 radical (unpaired) electrons. The van der Waals surface area contributed by atoms with Crippen LogP contribution in [0.15, 0.2) is 71.2 Å². The summed E-state index contributed by atoms with van der Waals surface area (Å²) >= 11 is 6.20. The molecule has 0 amide bonds. The van der Waals surface area contributed by atoms with Crippen molar-refractivity contribution in [1.29, 1.82) is 5.26 Å². The number of carbonyl (C=O) groups excluding carboxylic acids is 2. The number of methoxy groups -OCH3 is 2. The zero-order valence-electron chi connectivity index (χ0n) is 17.8. The van der Waals surface area contributed by atoms with Crippen molar-refractivity contribution >= 4 is 29.2 Å². The fourth-order valence-electron chi connectivity index (χ4n) is 3.62. The first kappa shape index (κ1) is 24.7. The Balaban J connectivity index is 2.45. The number of benzene rings is 2. The number of alkyl halides is 3. The van der Waals surface area contributed by atoms with E-state index in [0.29, 0.717) is 11.6 Å². The molecule has 11 heteroatoms. The zero-order chi connectivity index (χ0) is 25.2. The molecule has 0 fully saturated rings. The number of allylic oxidation sites excluding steroid dienone is 1. The van der Waals surface area contributed by atoms with Crippen LogP contribution in [0.4, 0.5) is 18.9 Å². The van der Waals surface area contributed by atoms with E-state index in [2.05, 4.69) is 0 Å². The highest BCUT2D eigenvalue weighted by Crippen LogP contribution is 2.45. The predicted octanol–water partition coefficient (Wildman–Crippen LogP) is 4.26. The molecular formula is C23H17ClF3N3O4. The maximum Gasteiger partial charge on any atom is 0.416 e. The Hall–Kier alpha value is -3.97. The van der Waals surface area contributed by atoms with E-state index in [9.17, 15) is 28.0 Å². The van der Waals surface area contributed by atoms with E-state index in [-0.39, 0.29) is 21.9 Å². The van der Waals surface area contributed by atoms with Gasteiger partial charge in [-0.15, -0.1) is 0 Å². The molecule has 1 aliphatic heterocycles. The van der Waals surface area contributed by atoms with E-state index in [1.165, 1.54) is 0 Å². The van der Waals surface area contributed by atoms with Gasteiger partial charge in [-0.1, -0.05) is 41.9 Å². The lowest BCUT2D eigenvalue weighted by molar-refractivity contribution is -0.139. The maximum absolute atomic E-state index is 13.4. The van der Waals surface area contributed by atoms with E-state index in [4.69, 9.17) is 26.8 Å². The molecule has 0 saturated heterocycles. The lowest BCUT2D eigenvalue weighted by Gasteiger charge is -2.36. The van der Waals surface area contributed by atoms with Gasteiger partial charge in [0, 0.05) is 0 Å². The Bertz CT molecular complexity index is 1250. The van der Waals surface area contributed by atoms with E-state index < -0.39 is 41.1 Å². The first-order chi connectivity index (χ1) is 16.1. The predicted molar refractivity (Wildman–Crippen MR) is 116 cm³/mol. The van der Waals surface area contributed by atoms with Gasteiger partial charge in [-0.2, -0.15) is 18.4 Å². The molecule has 34 heavy (non-hydrogen) atoms. The van der Waals surface area contributed by atoms with Gasteiger partial charge in [0.15, 0.2) is 0 Å². The molecule has 1 unspecified atom stereocenters. The molecule has 1 atom stereocenters. The third-order valence-corrected chi connectivity index (χ3v) is 5.44. The van der Waals surface area contributed by atoms with Crippen molar-refractivity contribution in [2.24, 2.45) is 5.73 Å². The van der Waals surface area contributed by atoms with E-state index in [1.54, 1.807) is 30.3 Å². The highest BCUT2D eigenvalue weighted by atomic mass is 35.5. The molecule has 0 aliphatic carbocycles. The average Bonchev–Trinajstić information content (AvgIpc) is 2.82. The number of esters is 2. The fraction of sp³-hybridized carbons (Fsp3) is 0.174. The van der Waals surface area contributed by atoms with Crippen molar-refractivity contribution in [3.63, 3.8) is 0 Å². The minimum absolute atomic E-state index is 0.201.